The number of thioether (sulfide) groups is 1. The number of hydrogen-bond acceptors (Lipinski definition) is 4. The monoisotopic (exact) mass is 351 g/mol. The second-order valence-electron chi connectivity index (χ2n) is 6.86. The molecule has 2 aliphatic rings. The Morgan fingerprint density at radius 3 is 2.48 bits per heavy atom. The molecule has 25 heavy (non-hydrogen) atoms. The fourth-order valence-corrected chi connectivity index (χ4v) is 4.95. The predicted octanol–water partition coefficient (Wildman–Crippen LogP) is 4.18. The molecule has 1 N–H and O–H groups in total. The maximum atomic E-state index is 12.5. The quantitative estimate of drug-likeness (QED) is 0.886. The van der Waals surface area contributed by atoms with E-state index in [4.69, 9.17) is 0 Å². The number of carbonyl (C=O) groups excluding carboxylic acids is 1. The molecule has 1 amide bonds. The van der Waals surface area contributed by atoms with E-state index >= 15 is 0 Å². The Morgan fingerprint density at radius 1 is 1.20 bits per heavy atom. The van der Waals surface area contributed by atoms with Crippen molar-refractivity contribution < 1.29 is 4.79 Å². The maximum absolute atomic E-state index is 12.5. The van der Waals surface area contributed by atoms with Gasteiger partial charge in [-0.25, -0.2) is 0 Å². The summed E-state index contributed by atoms with van der Waals surface area (Å²) in [5, 5.41) is 22.9. The number of nitrogens with zero attached hydrogens (tertiary/aromatic N) is 2. The molecule has 1 aliphatic heterocycles. The van der Waals surface area contributed by atoms with E-state index in [1.165, 1.54) is 17.3 Å². The molecular formula is C20H21N3OS. The Kier molecular flexibility index (Phi) is 5.16. The molecular weight excluding hydrogens is 330 g/mol. The van der Waals surface area contributed by atoms with Crippen molar-refractivity contribution in [3.8, 4) is 12.1 Å². The molecule has 0 radical (unpaired) electrons. The van der Waals surface area contributed by atoms with Gasteiger partial charge in [-0.1, -0.05) is 49.1 Å². The van der Waals surface area contributed by atoms with Crippen LogP contribution in [0.1, 0.15) is 43.2 Å². The van der Waals surface area contributed by atoms with Gasteiger partial charge in [0, 0.05) is 11.2 Å². The van der Waals surface area contributed by atoms with Gasteiger partial charge in [-0.3, -0.25) is 4.79 Å². The number of benzene rings is 1. The standard InChI is InChI=1S/C20H21N3OS/c1-14-5-7-15(8-6-14)13-25-19-17(12-22)20(9-3-2-4-10-20)16(11-21)18(24)23-19/h5-8,16H,2-4,9-10,13H2,1H3,(H,23,24)/t16-/m1/s1. The van der Waals surface area contributed by atoms with Crippen molar-refractivity contribution >= 4 is 17.7 Å². The van der Waals surface area contributed by atoms with Crippen molar-refractivity contribution in [1.29, 1.82) is 10.5 Å². The Morgan fingerprint density at radius 2 is 1.88 bits per heavy atom. The van der Waals surface area contributed by atoms with Gasteiger partial charge in [-0.05, 0) is 25.3 Å². The molecule has 1 fully saturated rings. The predicted molar refractivity (Wildman–Crippen MR) is 97.9 cm³/mol. The Labute approximate surface area is 152 Å². The lowest BCUT2D eigenvalue weighted by molar-refractivity contribution is -0.126. The molecule has 0 unspecified atom stereocenters. The average Bonchev–Trinajstić information content (AvgIpc) is 2.62. The summed E-state index contributed by atoms with van der Waals surface area (Å²) >= 11 is 1.49. The summed E-state index contributed by atoms with van der Waals surface area (Å²) in [7, 11) is 0. The second kappa shape index (κ2) is 7.33. The van der Waals surface area contributed by atoms with Crippen LogP contribution in [0.25, 0.3) is 0 Å². The first-order valence-electron chi connectivity index (χ1n) is 8.64. The van der Waals surface area contributed by atoms with Crippen molar-refractivity contribution in [3.63, 3.8) is 0 Å². The largest absolute Gasteiger partial charge is 0.319 e. The fraction of sp³-hybridized carbons (Fsp3) is 0.450. The molecule has 1 saturated carbocycles. The van der Waals surface area contributed by atoms with Gasteiger partial charge in [0.15, 0.2) is 0 Å². The highest BCUT2D eigenvalue weighted by Crippen LogP contribution is 2.52. The van der Waals surface area contributed by atoms with Crippen LogP contribution in [-0.2, 0) is 10.5 Å². The number of nitriles is 2. The number of amides is 1. The molecule has 128 valence electrons. The van der Waals surface area contributed by atoms with Crippen LogP contribution in [0, 0.1) is 40.9 Å². The topological polar surface area (TPSA) is 76.7 Å². The fourth-order valence-electron chi connectivity index (χ4n) is 3.88. The third kappa shape index (κ3) is 3.30. The average molecular weight is 351 g/mol. The zero-order valence-electron chi connectivity index (χ0n) is 14.3. The van der Waals surface area contributed by atoms with E-state index in [-0.39, 0.29) is 5.91 Å². The van der Waals surface area contributed by atoms with Crippen LogP contribution in [0.4, 0.5) is 0 Å². The van der Waals surface area contributed by atoms with Crippen molar-refractivity contribution in [2.24, 2.45) is 11.3 Å². The van der Waals surface area contributed by atoms with Gasteiger partial charge in [-0.15, -0.1) is 11.8 Å². The van der Waals surface area contributed by atoms with Gasteiger partial charge < -0.3 is 5.32 Å². The van der Waals surface area contributed by atoms with Gasteiger partial charge in [-0.2, -0.15) is 10.5 Å². The number of hydrogen-bond donors (Lipinski definition) is 1. The zero-order chi connectivity index (χ0) is 17.9. The van der Waals surface area contributed by atoms with E-state index in [0.717, 1.165) is 37.7 Å². The van der Waals surface area contributed by atoms with Crippen LogP contribution in [0.3, 0.4) is 0 Å². The molecule has 1 atom stereocenters. The normalized spacial score (nSPS) is 22.2. The summed E-state index contributed by atoms with van der Waals surface area (Å²) in [6.45, 7) is 2.05. The lowest BCUT2D eigenvalue weighted by atomic mass is 9.61. The second-order valence-corrected chi connectivity index (χ2v) is 7.84. The Bertz CT molecular complexity index is 777. The summed E-state index contributed by atoms with van der Waals surface area (Å²) in [6.07, 6.45) is 4.53. The number of carbonyl (C=O) groups is 1. The summed E-state index contributed by atoms with van der Waals surface area (Å²) in [4.78, 5) is 12.5. The number of allylic oxidation sites excluding steroid dienone is 1. The summed E-state index contributed by atoms with van der Waals surface area (Å²) in [5.41, 5.74) is 2.36. The van der Waals surface area contributed by atoms with Crippen molar-refractivity contribution in [3.05, 3.63) is 46.0 Å². The molecule has 3 rings (SSSR count). The first-order valence-corrected chi connectivity index (χ1v) is 9.63. The molecule has 0 aromatic heterocycles. The molecule has 0 saturated heterocycles. The van der Waals surface area contributed by atoms with Gasteiger partial charge in [0.05, 0.1) is 22.7 Å². The van der Waals surface area contributed by atoms with E-state index in [9.17, 15) is 15.3 Å². The summed E-state index contributed by atoms with van der Waals surface area (Å²) in [6, 6.07) is 12.8. The molecule has 0 bridgehead atoms. The molecule has 1 spiro atoms. The third-order valence-electron chi connectivity index (χ3n) is 5.27. The molecule has 4 nitrogen and oxygen atoms in total. The van der Waals surface area contributed by atoms with Gasteiger partial charge in [0.1, 0.15) is 5.92 Å². The Hall–Kier alpha value is -2.24. The minimum atomic E-state index is -0.758. The summed E-state index contributed by atoms with van der Waals surface area (Å²) < 4.78 is 0. The third-order valence-corrected chi connectivity index (χ3v) is 6.34. The SMILES string of the molecule is Cc1ccc(CSC2=C(C#N)C3(CCCCC3)[C@H](C#N)C(=O)N2)cc1. The first kappa shape index (κ1) is 17.6. The van der Waals surface area contributed by atoms with Crippen LogP contribution in [0.15, 0.2) is 34.9 Å². The summed E-state index contributed by atoms with van der Waals surface area (Å²) in [5.74, 6) is -0.324. The van der Waals surface area contributed by atoms with Crippen molar-refractivity contribution in [2.45, 2.75) is 44.8 Å². The van der Waals surface area contributed by atoms with Crippen LogP contribution < -0.4 is 5.32 Å². The van der Waals surface area contributed by atoms with Crippen molar-refractivity contribution in [1.82, 2.24) is 5.32 Å². The van der Waals surface area contributed by atoms with E-state index in [1.54, 1.807) is 0 Å². The van der Waals surface area contributed by atoms with E-state index in [1.807, 2.05) is 6.92 Å². The van der Waals surface area contributed by atoms with Crippen molar-refractivity contribution in [2.75, 3.05) is 0 Å². The molecule has 1 aliphatic carbocycles. The Balaban J connectivity index is 1.92. The van der Waals surface area contributed by atoms with Crippen LogP contribution >= 0.6 is 11.8 Å². The number of rotatable bonds is 3. The highest BCUT2D eigenvalue weighted by atomic mass is 32.2. The first-order chi connectivity index (χ1) is 12.1. The highest BCUT2D eigenvalue weighted by Gasteiger charge is 2.51. The molecule has 1 aromatic carbocycles. The highest BCUT2D eigenvalue weighted by molar-refractivity contribution is 8.02. The molecule has 1 aromatic rings. The minimum Gasteiger partial charge on any atom is -0.319 e. The van der Waals surface area contributed by atoms with E-state index in [2.05, 4.69) is 41.7 Å². The minimum absolute atomic E-state index is 0.255. The smallest absolute Gasteiger partial charge is 0.243 e. The molecule has 1 heterocycles. The lowest BCUT2D eigenvalue weighted by Gasteiger charge is -2.43. The van der Waals surface area contributed by atoms with Crippen LogP contribution in [0.2, 0.25) is 0 Å². The molecule has 5 heteroatoms. The van der Waals surface area contributed by atoms with Crippen LogP contribution in [-0.4, -0.2) is 5.91 Å². The van der Waals surface area contributed by atoms with Gasteiger partial charge in [0.25, 0.3) is 0 Å². The number of aryl methyl sites for hydroxylation is 1. The van der Waals surface area contributed by atoms with Gasteiger partial charge >= 0.3 is 0 Å². The number of nitrogens with one attached hydrogen (secondary N) is 1. The maximum Gasteiger partial charge on any atom is 0.243 e. The van der Waals surface area contributed by atoms with E-state index in [0.29, 0.717) is 16.4 Å². The van der Waals surface area contributed by atoms with E-state index < -0.39 is 11.3 Å². The zero-order valence-corrected chi connectivity index (χ0v) is 15.2. The van der Waals surface area contributed by atoms with Crippen LogP contribution in [0.5, 0.6) is 0 Å². The lowest BCUT2D eigenvalue weighted by Crippen LogP contribution is -2.48. The van der Waals surface area contributed by atoms with Gasteiger partial charge in [0.2, 0.25) is 5.91 Å².